The number of allylic oxidation sites excluding steroid dienone is 2. The standard InChI is InChI=1S/C33H37FN8O4/c1-5-6-19-11-12-36-23(13-19)18-42(3)33(45)25-10-9-21(17-37-25)24-14-22(34)15-27(30(24)46-4)38-26-16-28(39-31(43)20-7-8-20)40-41-29(26)32(44)35-2/h9-16,20,37H,5-8,17-18H2,1-4H3,(H,35,44)(H2,38,39,40,43). The van der Waals surface area contributed by atoms with Gasteiger partial charge in [-0.25, -0.2) is 4.39 Å². The van der Waals surface area contributed by atoms with E-state index in [1.165, 1.54) is 37.9 Å². The van der Waals surface area contributed by atoms with Crippen LogP contribution < -0.4 is 26.0 Å². The molecular weight excluding hydrogens is 591 g/mol. The van der Waals surface area contributed by atoms with Gasteiger partial charge in [-0.05, 0) is 54.7 Å². The van der Waals surface area contributed by atoms with Crippen molar-refractivity contribution in [3.8, 4) is 5.75 Å². The van der Waals surface area contributed by atoms with E-state index in [4.69, 9.17) is 4.74 Å². The number of benzene rings is 1. The van der Waals surface area contributed by atoms with Crippen LogP contribution in [0.1, 0.15) is 53.5 Å². The van der Waals surface area contributed by atoms with Crippen LogP contribution in [0.25, 0.3) is 5.57 Å². The zero-order chi connectivity index (χ0) is 32.8. The minimum absolute atomic E-state index is 0.0548. The Labute approximate surface area is 266 Å². The van der Waals surface area contributed by atoms with E-state index >= 15 is 4.39 Å². The molecule has 2 aliphatic rings. The largest absolute Gasteiger partial charge is 0.494 e. The number of nitrogens with zero attached hydrogens (tertiary/aromatic N) is 4. The summed E-state index contributed by atoms with van der Waals surface area (Å²) >= 11 is 0. The highest BCUT2D eigenvalue weighted by atomic mass is 19.1. The number of aryl methyl sites for hydroxylation is 1. The van der Waals surface area contributed by atoms with Crippen molar-refractivity contribution < 1.29 is 23.5 Å². The zero-order valence-corrected chi connectivity index (χ0v) is 26.2. The van der Waals surface area contributed by atoms with Gasteiger partial charge in [-0.1, -0.05) is 19.4 Å². The maximum Gasteiger partial charge on any atom is 0.273 e. The summed E-state index contributed by atoms with van der Waals surface area (Å²) in [6.07, 6.45) is 8.74. The van der Waals surface area contributed by atoms with Crippen molar-refractivity contribution in [2.45, 2.75) is 39.2 Å². The van der Waals surface area contributed by atoms with Gasteiger partial charge in [-0.2, -0.15) is 0 Å². The molecule has 0 unspecified atom stereocenters. The molecule has 1 saturated carbocycles. The van der Waals surface area contributed by atoms with Crippen LogP contribution in [0.2, 0.25) is 0 Å². The number of rotatable bonds is 12. The van der Waals surface area contributed by atoms with Gasteiger partial charge in [0.15, 0.2) is 11.5 Å². The molecule has 3 heterocycles. The van der Waals surface area contributed by atoms with Gasteiger partial charge >= 0.3 is 0 Å². The van der Waals surface area contributed by atoms with Crippen LogP contribution >= 0.6 is 0 Å². The lowest BCUT2D eigenvalue weighted by molar-refractivity contribution is -0.126. The Morgan fingerprint density at radius 3 is 2.59 bits per heavy atom. The maximum absolute atomic E-state index is 15.1. The van der Waals surface area contributed by atoms with Gasteiger partial charge in [0.05, 0.1) is 30.7 Å². The minimum Gasteiger partial charge on any atom is -0.494 e. The van der Waals surface area contributed by atoms with E-state index in [0.717, 1.165) is 31.4 Å². The monoisotopic (exact) mass is 628 g/mol. The first-order chi connectivity index (χ1) is 22.2. The average Bonchev–Trinajstić information content (AvgIpc) is 3.91. The first-order valence-electron chi connectivity index (χ1n) is 15.1. The molecule has 4 N–H and O–H groups in total. The molecule has 0 radical (unpaired) electrons. The Morgan fingerprint density at radius 2 is 1.91 bits per heavy atom. The number of dihydropyridines is 1. The predicted octanol–water partition coefficient (Wildman–Crippen LogP) is 3.95. The second-order valence-electron chi connectivity index (χ2n) is 11.2. The number of aromatic nitrogens is 3. The van der Waals surface area contributed by atoms with E-state index < -0.39 is 11.7 Å². The molecule has 1 fully saturated rings. The Kier molecular flexibility index (Phi) is 9.89. The molecule has 5 rings (SSSR count). The molecule has 0 spiro atoms. The van der Waals surface area contributed by atoms with Crippen LogP contribution in [0, 0.1) is 11.7 Å². The number of methoxy groups -OCH3 is 1. The molecule has 0 atom stereocenters. The lowest BCUT2D eigenvalue weighted by Crippen LogP contribution is -2.35. The second kappa shape index (κ2) is 14.2. The first-order valence-corrected chi connectivity index (χ1v) is 15.1. The average molecular weight is 629 g/mol. The van der Waals surface area contributed by atoms with Gasteiger partial charge in [0.25, 0.3) is 11.8 Å². The predicted molar refractivity (Wildman–Crippen MR) is 172 cm³/mol. The SMILES string of the molecule is CCCc1ccnc(CN(C)C(=O)C2=CC=C(c3cc(F)cc(Nc4cc(NC(=O)C5CC5)nnc4C(=O)NC)c3OC)CN2)c1. The number of hydrogen-bond acceptors (Lipinski definition) is 9. The molecule has 13 heteroatoms. The topological polar surface area (TPSA) is 150 Å². The summed E-state index contributed by atoms with van der Waals surface area (Å²) in [6.45, 7) is 2.70. The fourth-order valence-corrected chi connectivity index (χ4v) is 5.10. The van der Waals surface area contributed by atoms with Crippen LogP contribution in [-0.2, 0) is 22.6 Å². The van der Waals surface area contributed by atoms with Gasteiger partial charge in [0, 0.05) is 50.5 Å². The summed E-state index contributed by atoms with van der Waals surface area (Å²) in [7, 11) is 4.62. The smallest absolute Gasteiger partial charge is 0.273 e. The van der Waals surface area contributed by atoms with E-state index in [9.17, 15) is 14.4 Å². The number of hydrogen-bond donors (Lipinski definition) is 4. The van der Waals surface area contributed by atoms with Crippen molar-refractivity contribution in [1.82, 2.24) is 30.7 Å². The van der Waals surface area contributed by atoms with Crippen molar-refractivity contribution in [2.24, 2.45) is 5.92 Å². The Morgan fingerprint density at radius 1 is 1.11 bits per heavy atom. The van der Waals surface area contributed by atoms with Crippen molar-refractivity contribution in [1.29, 1.82) is 0 Å². The molecule has 1 aromatic carbocycles. The third-order valence-electron chi connectivity index (χ3n) is 7.62. The van der Waals surface area contributed by atoms with Crippen LogP contribution in [0.4, 0.5) is 21.6 Å². The number of carbonyl (C=O) groups is 3. The molecule has 1 aliphatic heterocycles. The third-order valence-corrected chi connectivity index (χ3v) is 7.62. The Hall–Kier alpha value is -5.33. The zero-order valence-electron chi connectivity index (χ0n) is 26.2. The van der Waals surface area contributed by atoms with Gasteiger partial charge < -0.3 is 30.9 Å². The number of nitrogens with one attached hydrogen (secondary N) is 4. The summed E-state index contributed by atoms with van der Waals surface area (Å²) in [5, 5.41) is 19.4. The highest BCUT2D eigenvalue weighted by Gasteiger charge is 2.30. The fraction of sp³-hybridized carbons (Fsp3) is 0.333. The summed E-state index contributed by atoms with van der Waals surface area (Å²) in [6, 6.07) is 8.04. The Bertz CT molecular complexity index is 1720. The highest BCUT2D eigenvalue weighted by molar-refractivity contribution is 6.00. The maximum atomic E-state index is 15.1. The molecule has 1 aliphatic carbocycles. The number of likely N-dealkylation sites (N-methyl/N-ethyl adjacent to an activating group) is 1. The third kappa shape index (κ3) is 7.48. The first kappa shape index (κ1) is 32.1. The van der Waals surface area contributed by atoms with E-state index in [0.29, 0.717) is 29.1 Å². The fourth-order valence-electron chi connectivity index (χ4n) is 5.10. The normalized spacial score (nSPS) is 13.9. The number of ether oxygens (including phenoxy) is 1. The molecule has 12 nitrogen and oxygen atoms in total. The second-order valence-corrected chi connectivity index (χ2v) is 11.2. The minimum atomic E-state index is -0.562. The van der Waals surface area contributed by atoms with E-state index in [-0.39, 0.29) is 47.2 Å². The highest BCUT2D eigenvalue weighted by Crippen LogP contribution is 2.38. The van der Waals surface area contributed by atoms with Crippen molar-refractivity contribution in [3.63, 3.8) is 0 Å². The summed E-state index contributed by atoms with van der Waals surface area (Å²) in [4.78, 5) is 44.1. The van der Waals surface area contributed by atoms with E-state index in [2.05, 4.69) is 43.4 Å². The lowest BCUT2D eigenvalue weighted by Gasteiger charge is -2.24. The van der Waals surface area contributed by atoms with Gasteiger partial charge in [-0.15, -0.1) is 10.2 Å². The summed E-state index contributed by atoms with van der Waals surface area (Å²) in [5.41, 5.74) is 3.85. The van der Waals surface area contributed by atoms with Crippen molar-refractivity contribution in [3.05, 3.63) is 82.7 Å². The molecule has 3 amide bonds. The quantitative estimate of drug-likeness (QED) is 0.234. The summed E-state index contributed by atoms with van der Waals surface area (Å²) in [5.74, 6) is -1.08. The molecule has 0 saturated heterocycles. The molecular formula is C33H37FN8O4. The number of halogens is 1. The van der Waals surface area contributed by atoms with Crippen LogP contribution in [0.3, 0.4) is 0 Å². The number of amides is 3. The van der Waals surface area contributed by atoms with Crippen molar-refractivity contribution >= 4 is 40.5 Å². The molecule has 3 aromatic rings. The van der Waals surface area contributed by atoms with Crippen LogP contribution in [0.5, 0.6) is 5.75 Å². The number of pyridine rings is 1. The van der Waals surface area contributed by atoms with Crippen molar-refractivity contribution in [2.75, 3.05) is 38.4 Å². The van der Waals surface area contributed by atoms with Crippen LogP contribution in [0.15, 0.2) is 54.4 Å². The van der Waals surface area contributed by atoms with Gasteiger partial charge in [-0.3, -0.25) is 19.4 Å². The van der Waals surface area contributed by atoms with E-state index in [1.807, 2.05) is 12.1 Å². The molecule has 240 valence electrons. The number of carbonyl (C=O) groups excluding carboxylic acids is 3. The summed E-state index contributed by atoms with van der Waals surface area (Å²) < 4.78 is 20.8. The Balaban J connectivity index is 1.39. The van der Waals surface area contributed by atoms with E-state index in [1.54, 1.807) is 30.3 Å². The molecule has 0 bridgehead atoms. The van der Waals surface area contributed by atoms with Gasteiger partial charge in [0.1, 0.15) is 17.3 Å². The van der Waals surface area contributed by atoms with Crippen LogP contribution in [-0.4, -0.2) is 65.6 Å². The van der Waals surface area contributed by atoms with Gasteiger partial charge in [0.2, 0.25) is 5.91 Å². The lowest BCUT2D eigenvalue weighted by atomic mass is 10.00. The molecule has 2 aromatic heterocycles. The number of anilines is 3. The molecule has 46 heavy (non-hydrogen) atoms.